The summed E-state index contributed by atoms with van der Waals surface area (Å²) in [4.78, 5) is 24.6. The molecule has 0 radical (unpaired) electrons. The van der Waals surface area contributed by atoms with Crippen molar-refractivity contribution in [1.29, 1.82) is 0 Å². The summed E-state index contributed by atoms with van der Waals surface area (Å²) >= 11 is 0. The molecule has 4 rings (SSSR count). The number of carbonyl (C=O) groups excluding carboxylic acids is 2. The molecule has 0 atom stereocenters. The van der Waals surface area contributed by atoms with Crippen molar-refractivity contribution >= 4 is 49.3 Å². The summed E-state index contributed by atoms with van der Waals surface area (Å²) in [6.45, 7) is 1.33. The Kier molecular flexibility index (Phi) is 5.39. The van der Waals surface area contributed by atoms with Crippen LogP contribution in [0, 0.1) is 0 Å². The fourth-order valence-corrected chi connectivity index (χ4v) is 3.93. The lowest BCUT2D eigenvalue weighted by atomic mass is 9.92. The number of hydrogen-bond acceptors (Lipinski definition) is 6. The summed E-state index contributed by atoms with van der Waals surface area (Å²) < 4.78 is 36.8. The van der Waals surface area contributed by atoms with Gasteiger partial charge in [-0.1, -0.05) is 30.3 Å². The summed E-state index contributed by atoms with van der Waals surface area (Å²) in [5.41, 5.74) is 0.782. The predicted molar refractivity (Wildman–Crippen MR) is 121 cm³/mol. The van der Waals surface area contributed by atoms with Crippen molar-refractivity contribution in [3.8, 4) is 5.75 Å². The van der Waals surface area contributed by atoms with Gasteiger partial charge in [0.2, 0.25) is 0 Å². The van der Waals surface area contributed by atoms with E-state index < -0.39 is 16.3 Å². The minimum Gasteiger partial charge on any atom is -0.427 e. The third-order valence-electron chi connectivity index (χ3n) is 4.97. The van der Waals surface area contributed by atoms with E-state index in [1.165, 1.54) is 31.2 Å². The van der Waals surface area contributed by atoms with Crippen LogP contribution >= 0.6 is 0 Å². The molecule has 0 aliphatic rings. The van der Waals surface area contributed by atoms with Gasteiger partial charge in [-0.05, 0) is 64.0 Å². The number of benzene rings is 4. The van der Waals surface area contributed by atoms with E-state index in [2.05, 4.69) is 0 Å². The van der Waals surface area contributed by atoms with Crippen molar-refractivity contribution in [1.82, 2.24) is 0 Å². The second-order valence-electron chi connectivity index (χ2n) is 7.10. The molecule has 0 bridgehead atoms. The first-order chi connectivity index (χ1) is 15.1. The lowest BCUT2D eigenvalue weighted by molar-refractivity contribution is -0.131. The standard InChI is InChI=1S/C23H18N2O6S/c1-14(26)31-18-11-8-16-12-22(20-5-3-2-4-19(20)21(16)13-18)23(27)15-6-9-17(10-7-15)25(24)32(28,29)30/h2-13H,24H2,1H3,(H,28,29,30). The Balaban J connectivity index is 1.81. The first kappa shape index (κ1) is 21.4. The number of anilines is 1. The third kappa shape index (κ3) is 4.04. The average molecular weight is 450 g/mol. The fraction of sp³-hybridized carbons (Fsp3) is 0.0435. The Morgan fingerprint density at radius 3 is 2.19 bits per heavy atom. The Bertz CT molecular complexity index is 1480. The van der Waals surface area contributed by atoms with E-state index >= 15 is 0 Å². The van der Waals surface area contributed by atoms with Crippen molar-refractivity contribution in [3.63, 3.8) is 0 Å². The molecule has 0 saturated carbocycles. The average Bonchev–Trinajstić information content (AvgIpc) is 2.77. The van der Waals surface area contributed by atoms with Crippen LogP contribution in [0.5, 0.6) is 5.75 Å². The fourth-order valence-electron chi connectivity index (χ4n) is 3.55. The van der Waals surface area contributed by atoms with E-state index in [1.807, 2.05) is 24.3 Å². The highest BCUT2D eigenvalue weighted by Gasteiger charge is 2.18. The van der Waals surface area contributed by atoms with E-state index in [9.17, 15) is 18.0 Å². The van der Waals surface area contributed by atoms with Gasteiger partial charge >= 0.3 is 16.3 Å². The van der Waals surface area contributed by atoms with Crippen molar-refractivity contribution in [2.45, 2.75) is 6.92 Å². The molecule has 4 aromatic carbocycles. The van der Waals surface area contributed by atoms with E-state index in [0.717, 1.165) is 16.2 Å². The van der Waals surface area contributed by atoms with E-state index in [1.54, 1.807) is 24.3 Å². The van der Waals surface area contributed by atoms with Crippen LogP contribution in [0.3, 0.4) is 0 Å². The molecule has 0 amide bonds. The van der Waals surface area contributed by atoms with Gasteiger partial charge in [-0.25, -0.2) is 5.84 Å². The zero-order valence-electron chi connectivity index (χ0n) is 16.8. The zero-order chi connectivity index (χ0) is 23.0. The van der Waals surface area contributed by atoms with Gasteiger partial charge in [-0.2, -0.15) is 12.8 Å². The van der Waals surface area contributed by atoms with Crippen LogP contribution in [0.2, 0.25) is 0 Å². The summed E-state index contributed by atoms with van der Waals surface area (Å²) in [5, 5.41) is 3.16. The van der Waals surface area contributed by atoms with Gasteiger partial charge in [-0.3, -0.25) is 14.1 Å². The molecule has 0 heterocycles. The molecule has 4 aromatic rings. The maximum atomic E-state index is 13.3. The summed E-state index contributed by atoms with van der Waals surface area (Å²) in [6, 6.07) is 19.9. The quantitative estimate of drug-likeness (QED) is 0.0904. The van der Waals surface area contributed by atoms with Crippen LogP contribution < -0.4 is 15.0 Å². The minimum atomic E-state index is -4.61. The number of fused-ring (bicyclic) bond motifs is 3. The molecule has 0 aliphatic heterocycles. The smallest absolute Gasteiger partial charge is 0.373 e. The first-order valence-corrected chi connectivity index (χ1v) is 10.9. The number of esters is 1. The lowest BCUT2D eigenvalue weighted by Gasteiger charge is -2.15. The van der Waals surface area contributed by atoms with Gasteiger partial charge in [0.1, 0.15) is 5.75 Å². The second-order valence-corrected chi connectivity index (χ2v) is 8.38. The maximum Gasteiger partial charge on any atom is 0.373 e. The van der Waals surface area contributed by atoms with Gasteiger partial charge in [0.05, 0.1) is 5.69 Å². The number of nitrogens with two attached hydrogens (primary N) is 1. The van der Waals surface area contributed by atoms with E-state index in [4.69, 9.17) is 15.1 Å². The highest BCUT2D eigenvalue weighted by atomic mass is 32.2. The monoisotopic (exact) mass is 450 g/mol. The van der Waals surface area contributed by atoms with E-state index in [0.29, 0.717) is 22.3 Å². The molecule has 3 N–H and O–H groups in total. The number of carbonyl (C=O) groups is 2. The summed E-state index contributed by atoms with van der Waals surface area (Å²) in [6.07, 6.45) is 0. The molecular weight excluding hydrogens is 432 g/mol. The van der Waals surface area contributed by atoms with Gasteiger partial charge in [0.15, 0.2) is 5.78 Å². The van der Waals surface area contributed by atoms with Crippen LogP contribution in [0.4, 0.5) is 5.69 Å². The molecule has 0 aromatic heterocycles. The molecule has 0 aliphatic carbocycles. The number of rotatable bonds is 5. The number of ketones is 1. The van der Waals surface area contributed by atoms with Crippen molar-refractivity contribution < 1.29 is 27.3 Å². The Labute approximate surface area is 183 Å². The first-order valence-electron chi connectivity index (χ1n) is 9.46. The van der Waals surface area contributed by atoms with Crippen LogP contribution in [0.1, 0.15) is 22.8 Å². The molecule has 0 saturated heterocycles. The number of hydrazine groups is 1. The van der Waals surface area contributed by atoms with Gasteiger partial charge in [-0.15, -0.1) is 0 Å². The lowest BCUT2D eigenvalue weighted by Crippen LogP contribution is -2.36. The molecular formula is C23H18N2O6S. The Morgan fingerprint density at radius 2 is 1.56 bits per heavy atom. The Morgan fingerprint density at radius 1 is 0.906 bits per heavy atom. The van der Waals surface area contributed by atoms with Crippen molar-refractivity contribution in [2.24, 2.45) is 5.84 Å². The largest absolute Gasteiger partial charge is 0.427 e. The van der Waals surface area contributed by atoms with Gasteiger partial charge < -0.3 is 4.74 Å². The highest BCUT2D eigenvalue weighted by molar-refractivity contribution is 7.87. The molecule has 9 heteroatoms. The van der Waals surface area contributed by atoms with E-state index in [-0.39, 0.29) is 15.9 Å². The third-order valence-corrected chi connectivity index (χ3v) is 5.68. The maximum absolute atomic E-state index is 13.3. The Hall–Kier alpha value is -3.79. The topological polar surface area (TPSA) is 127 Å². The number of nitrogens with zero attached hydrogens (tertiary/aromatic N) is 1. The molecule has 0 spiro atoms. The highest BCUT2D eigenvalue weighted by Crippen LogP contribution is 2.32. The molecule has 8 nitrogen and oxygen atoms in total. The van der Waals surface area contributed by atoms with Crippen LogP contribution in [0.25, 0.3) is 21.5 Å². The van der Waals surface area contributed by atoms with Gasteiger partial charge in [0, 0.05) is 18.1 Å². The summed E-state index contributed by atoms with van der Waals surface area (Å²) in [7, 11) is -4.61. The van der Waals surface area contributed by atoms with Crippen molar-refractivity contribution in [3.05, 3.63) is 83.9 Å². The summed E-state index contributed by atoms with van der Waals surface area (Å²) in [5.74, 6) is 5.09. The molecule has 32 heavy (non-hydrogen) atoms. The SMILES string of the molecule is CC(=O)Oc1ccc2cc(C(=O)c3ccc(N(N)S(=O)(=O)O)cc3)c3ccccc3c2c1. The van der Waals surface area contributed by atoms with Crippen molar-refractivity contribution in [2.75, 3.05) is 4.41 Å². The second kappa shape index (κ2) is 8.04. The minimum absolute atomic E-state index is 0.00502. The molecule has 0 unspecified atom stereocenters. The molecule has 0 fully saturated rings. The van der Waals surface area contributed by atoms with Crippen LogP contribution in [-0.4, -0.2) is 24.7 Å². The number of hydrogen-bond donors (Lipinski definition) is 2. The predicted octanol–water partition coefficient (Wildman–Crippen LogP) is 3.63. The zero-order valence-corrected chi connectivity index (χ0v) is 17.7. The van der Waals surface area contributed by atoms with Crippen LogP contribution in [-0.2, 0) is 15.1 Å². The normalized spacial score (nSPS) is 11.5. The number of ether oxygens (including phenoxy) is 1. The van der Waals surface area contributed by atoms with Crippen LogP contribution in [0.15, 0.2) is 72.8 Å². The van der Waals surface area contributed by atoms with Gasteiger partial charge in [0.25, 0.3) is 0 Å². The molecule has 162 valence electrons.